The second-order valence-corrected chi connectivity index (χ2v) is 4.98. The summed E-state index contributed by atoms with van der Waals surface area (Å²) < 4.78 is 0. The second kappa shape index (κ2) is 4.91. The van der Waals surface area contributed by atoms with E-state index in [0.29, 0.717) is 11.4 Å². The summed E-state index contributed by atoms with van der Waals surface area (Å²) in [5.41, 5.74) is 5.97. The molecule has 1 amide bonds. The first kappa shape index (κ1) is 12.8. The van der Waals surface area contributed by atoms with Gasteiger partial charge in [0.1, 0.15) is 22.4 Å². The molecule has 0 fully saturated rings. The highest BCUT2D eigenvalue weighted by atomic mass is 32.2. The van der Waals surface area contributed by atoms with E-state index in [-0.39, 0.29) is 0 Å². The number of hydrogen-bond acceptors (Lipinski definition) is 6. The van der Waals surface area contributed by atoms with Crippen molar-refractivity contribution in [2.24, 2.45) is 5.73 Å². The van der Waals surface area contributed by atoms with E-state index in [2.05, 4.69) is 25.3 Å². The van der Waals surface area contributed by atoms with E-state index in [1.54, 1.807) is 20.3 Å². The summed E-state index contributed by atoms with van der Waals surface area (Å²) in [5.74, 6) is 0.0802. The van der Waals surface area contributed by atoms with E-state index in [1.807, 2.05) is 0 Å². The molecule has 18 heavy (non-hydrogen) atoms. The maximum Gasteiger partial charge on any atom is 0.238 e. The van der Waals surface area contributed by atoms with Gasteiger partial charge >= 0.3 is 0 Å². The third kappa shape index (κ3) is 2.29. The molecule has 2 rings (SSSR count). The van der Waals surface area contributed by atoms with Crippen LogP contribution in [-0.2, 0) is 4.79 Å². The van der Waals surface area contributed by atoms with Gasteiger partial charge in [-0.05, 0) is 14.0 Å². The molecule has 0 aliphatic heterocycles. The van der Waals surface area contributed by atoms with Crippen molar-refractivity contribution < 1.29 is 4.79 Å². The fourth-order valence-electron chi connectivity index (χ4n) is 1.33. The molecule has 1 unspecified atom stereocenters. The van der Waals surface area contributed by atoms with Gasteiger partial charge in [0.2, 0.25) is 5.91 Å². The van der Waals surface area contributed by atoms with Crippen molar-refractivity contribution in [1.29, 1.82) is 0 Å². The Morgan fingerprint density at radius 1 is 1.56 bits per heavy atom. The van der Waals surface area contributed by atoms with Gasteiger partial charge in [-0.2, -0.15) is 0 Å². The Hall–Kier alpha value is -1.67. The first-order valence-corrected chi connectivity index (χ1v) is 6.31. The van der Waals surface area contributed by atoms with Crippen LogP contribution in [0.5, 0.6) is 0 Å². The number of H-pyrrole nitrogens is 1. The number of carbonyl (C=O) groups is 1. The van der Waals surface area contributed by atoms with Crippen LogP contribution in [0.2, 0.25) is 0 Å². The molecule has 8 heteroatoms. The number of nitrogens with one attached hydrogen (secondary N) is 2. The molecule has 0 aliphatic rings. The third-order valence-corrected chi connectivity index (χ3v) is 4.09. The van der Waals surface area contributed by atoms with Gasteiger partial charge in [0, 0.05) is 5.75 Å². The Bertz CT molecular complexity index is 570. The van der Waals surface area contributed by atoms with Gasteiger partial charge < -0.3 is 16.0 Å². The summed E-state index contributed by atoms with van der Waals surface area (Å²) >= 11 is 1.43. The molecule has 0 saturated carbocycles. The van der Waals surface area contributed by atoms with Gasteiger partial charge in [-0.1, -0.05) is 0 Å². The van der Waals surface area contributed by atoms with Crippen LogP contribution in [-0.4, -0.2) is 44.2 Å². The van der Waals surface area contributed by atoms with Gasteiger partial charge in [0.05, 0.1) is 6.33 Å². The number of thioether (sulfide) groups is 1. The van der Waals surface area contributed by atoms with Gasteiger partial charge in [0.25, 0.3) is 0 Å². The first-order valence-electron chi connectivity index (χ1n) is 5.32. The number of primary amides is 1. The van der Waals surface area contributed by atoms with Crippen molar-refractivity contribution in [3.8, 4) is 0 Å². The zero-order chi connectivity index (χ0) is 13.2. The Morgan fingerprint density at radius 3 is 3.00 bits per heavy atom. The molecule has 0 radical (unpaired) electrons. The number of amides is 1. The number of hydrogen-bond donors (Lipinski definition) is 3. The van der Waals surface area contributed by atoms with E-state index in [0.717, 1.165) is 10.5 Å². The number of nitrogens with zero attached hydrogens (tertiary/aromatic N) is 3. The molecule has 0 aliphatic carbocycles. The zero-order valence-corrected chi connectivity index (χ0v) is 10.9. The molecule has 2 heterocycles. The lowest BCUT2D eigenvalue weighted by atomic mass is 10.1. The normalized spacial score (nSPS) is 14.6. The van der Waals surface area contributed by atoms with Gasteiger partial charge in [-0.15, -0.1) is 11.8 Å². The largest absolute Gasteiger partial charge is 0.368 e. The van der Waals surface area contributed by atoms with Crippen LogP contribution in [0.4, 0.5) is 0 Å². The summed E-state index contributed by atoms with van der Waals surface area (Å²) in [5, 5.41) is 3.68. The number of nitrogens with two attached hydrogens (primary N) is 1. The molecule has 0 bridgehead atoms. The van der Waals surface area contributed by atoms with Crippen LogP contribution < -0.4 is 11.1 Å². The predicted octanol–water partition coefficient (Wildman–Crippen LogP) is -0.0916. The minimum atomic E-state index is -0.776. The predicted molar refractivity (Wildman–Crippen MR) is 69.1 cm³/mol. The van der Waals surface area contributed by atoms with Crippen molar-refractivity contribution >= 4 is 28.8 Å². The number of aromatic amines is 1. The van der Waals surface area contributed by atoms with Crippen LogP contribution in [0.3, 0.4) is 0 Å². The topological polar surface area (TPSA) is 110 Å². The van der Waals surface area contributed by atoms with E-state index >= 15 is 0 Å². The first-order chi connectivity index (χ1) is 8.57. The lowest BCUT2D eigenvalue weighted by Crippen LogP contribution is -2.53. The number of aromatic nitrogens is 4. The SMILES string of the molecule is CNC(C)(CSc1ncnc2nc[nH]c12)C(N)=O. The monoisotopic (exact) mass is 266 g/mol. The van der Waals surface area contributed by atoms with Crippen LogP contribution >= 0.6 is 11.8 Å². The van der Waals surface area contributed by atoms with Crippen molar-refractivity contribution in [3.63, 3.8) is 0 Å². The average molecular weight is 266 g/mol. The van der Waals surface area contributed by atoms with Crippen LogP contribution in [0.15, 0.2) is 17.7 Å². The van der Waals surface area contributed by atoms with Gasteiger partial charge in [-0.25, -0.2) is 15.0 Å². The van der Waals surface area contributed by atoms with Crippen molar-refractivity contribution in [2.45, 2.75) is 17.5 Å². The Morgan fingerprint density at radius 2 is 2.33 bits per heavy atom. The minimum absolute atomic E-state index is 0.396. The lowest BCUT2D eigenvalue weighted by molar-refractivity contribution is -0.122. The fourth-order valence-corrected chi connectivity index (χ4v) is 2.46. The molecule has 96 valence electrons. The molecule has 4 N–H and O–H groups in total. The second-order valence-electron chi connectivity index (χ2n) is 4.01. The van der Waals surface area contributed by atoms with E-state index in [9.17, 15) is 4.79 Å². The number of likely N-dealkylation sites (N-methyl/N-ethyl adjacent to an activating group) is 1. The summed E-state index contributed by atoms with van der Waals surface area (Å²) in [7, 11) is 1.71. The Kier molecular flexibility index (Phi) is 3.48. The molecular formula is C10H14N6OS. The summed E-state index contributed by atoms with van der Waals surface area (Å²) in [6, 6.07) is 0. The molecule has 0 aromatic carbocycles. The highest BCUT2D eigenvalue weighted by Crippen LogP contribution is 2.25. The highest BCUT2D eigenvalue weighted by molar-refractivity contribution is 7.99. The quantitative estimate of drug-likeness (QED) is 0.515. The van der Waals surface area contributed by atoms with Crippen molar-refractivity contribution in [1.82, 2.24) is 25.3 Å². The molecule has 7 nitrogen and oxygen atoms in total. The molecule has 0 saturated heterocycles. The van der Waals surface area contributed by atoms with E-state index in [4.69, 9.17) is 5.73 Å². The molecule has 2 aromatic heterocycles. The third-order valence-electron chi connectivity index (χ3n) is 2.78. The standard InChI is InChI=1S/C10H14N6OS/c1-10(12-2,9(11)17)3-18-8-6-7(14-4-13-6)15-5-16-8/h4-5,12H,3H2,1-2H3,(H2,11,17)(H,13,14,15,16). The van der Waals surface area contributed by atoms with Gasteiger partial charge in [-0.3, -0.25) is 4.79 Å². The summed E-state index contributed by atoms with van der Waals surface area (Å²) in [6.45, 7) is 1.76. The molecular weight excluding hydrogens is 252 g/mol. The van der Waals surface area contributed by atoms with E-state index < -0.39 is 11.4 Å². The van der Waals surface area contributed by atoms with Crippen LogP contribution in [0.1, 0.15) is 6.92 Å². The fraction of sp³-hybridized carbons (Fsp3) is 0.400. The zero-order valence-electron chi connectivity index (χ0n) is 10.1. The van der Waals surface area contributed by atoms with Crippen LogP contribution in [0.25, 0.3) is 11.2 Å². The lowest BCUT2D eigenvalue weighted by Gasteiger charge is -2.24. The van der Waals surface area contributed by atoms with Gasteiger partial charge in [0.15, 0.2) is 5.65 Å². The molecule has 2 aromatic rings. The maximum atomic E-state index is 11.4. The van der Waals surface area contributed by atoms with Crippen molar-refractivity contribution in [2.75, 3.05) is 12.8 Å². The summed E-state index contributed by atoms with van der Waals surface area (Å²) in [4.78, 5) is 26.6. The summed E-state index contributed by atoms with van der Waals surface area (Å²) in [6.07, 6.45) is 3.02. The number of fused-ring (bicyclic) bond motifs is 1. The number of imidazole rings is 1. The number of rotatable bonds is 5. The number of carbonyl (C=O) groups excluding carboxylic acids is 1. The average Bonchev–Trinajstić information content (AvgIpc) is 2.84. The maximum absolute atomic E-state index is 11.4. The highest BCUT2D eigenvalue weighted by Gasteiger charge is 2.29. The smallest absolute Gasteiger partial charge is 0.238 e. The van der Waals surface area contributed by atoms with Crippen molar-refractivity contribution in [3.05, 3.63) is 12.7 Å². The Labute approximate surface area is 108 Å². The molecule has 0 spiro atoms. The minimum Gasteiger partial charge on any atom is -0.368 e. The molecule has 1 atom stereocenters. The Balaban J connectivity index is 2.20. The van der Waals surface area contributed by atoms with Crippen LogP contribution in [0, 0.1) is 0 Å². The van der Waals surface area contributed by atoms with E-state index in [1.165, 1.54) is 18.1 Å².